The van der Waals surface area contributed by atoms with Gasteiger partial charge in [-0.25, -0.2) is 15.0 Å². The average Bonchev–Trinajstić information content (AvgIpc) is 3.41. The topological polar surface area (TPSA) is 70.5 Å². The van der Waals surface area contributed by atoms with Crippen molar-refractivity contribution in [3.8, 4) is 0 Å². The highest BCUT2D eigenvalue weighted by Crippen LogP contribution is 2.36. The third-order valence-electron chi connectivity index (χ3n) is 5.90. The molecule has 0 spiro atoms. The first-order chi connectivity index (χ1) is 13.7. The molecule has 1 aliphatic heterocycles. The largest absolute Gasteiger partial charge is 0.365 e. The number of hydrogen-bond acceptors (Lipinski definition) is 5. The summed E-state index contributed by atoms with van der Waals surface area (Å²) < 4.78 is 0. The Morgan fingerprint density at radius 2 is 1.97 bits per heavy atom. The number of carbonyl (C=O) groups excluding carboxylic acids is 1. The Balaban J connectivity index is 1.89. The lowest BCUT2D eigenvalue weighted by Crippen LogP contribution is -2.39. The molecule has 156 valence electrons. The Hall–Kier alpha value is -2.50. The number of rotatable bonds is 6. The van der Waals surface area contributed by atoms with E-state index in [0.717, 1.165) is 41.8 Å². The van der Waals surface area contributed by atoms with Gasteiger partial charge in [0.1, 0.15) is 12.1 Å². The molecule has 29 heavy (non-hydrogen) atoms. The summed E-state index contributed by atoms with van der Waals surface area (Å²) in [6, 6.07) is 0. The van der Waals surface area contributed by atoms with Crippen LogP contribution in [0.1, 0.15) is 77.3 Å². The molecule has 0 aromatic carbocycles. The first-order valence-electron chi connectivity index (χ1n) is 10.4. The standard InChI is InChI=1S/C23H33N5O/c1-14(2)19(16(5)21(24-7)27-23(6)9-10-23)22(29)28-11-8-17-18(12-28)25-13-26-20(17)15(3)4/h13,15,27H,7-12H2,1-6H3/b21-16-. The van der Waals surface area contributed by atoms with E-state index >= 15 is 0 Å². The van der Waals surface area contributed by atoms with Crippen molar-refractivity contribution in [2.75, 3.05) is 6.54 Å². The molecule has 0 bridgehead atoms. The number of carbonyl (C=O) groups is 1. The van der Waals surface area contributed by atoms with Gasteiger partial charge in [-0.3, -0.25) is 4.79 Å². The average molecular weight is 396 g/mol. The van der Waals surface area contributed by atoms with Gasteiger partial charge in [0.25, 0.3) is 5.91 Å². The number of nitrogens with zero attached hydrogens (tertiary/aromatic N) is 4. The van der Waals surface area contributed by atoms with E-state index in [0.29, 0.717) is 30.4 Å². The number of amides is 1. The predicted octanol–water partition coefficient (Wildman–Crippen LogP) is 3.90. The zero-order valence-corrected chi connectivity index (χ0v) is 18.6. The van der Waals surface area contributed by atoms with Crippen molar-refractivity contribution in [3.63, 3.8) is 0 Å². The number of aromatic nitrogens is 2. The summed E-state index contributed by atoms with van der Waals surface area (Å²) in [6.07, 6.45) is 4.63. The quantitative estimate of drug-likeness (QED) is 0.451. The fourth-order valence-corrected chi connectivity index (χ4v) is 3.93. The highest BCUT2D eigenvalue weighted by Gasteiger charge is 2.38. The summed E-state index contributed by atoms with van der Waals surface area (Å²) in [5, 5.41) is 3.47. The minimum Gasteiger partial charge on any atom is -0.365 e. The van der Waals surface area contributed by atoms with E-state index in [-0.39, 0.29) is 11.4 Å². The zero-order valence-electron chi connectivity index (χ0n) is 18.6. The molecule has 6 nitrogen and oxygen atoms in total. The maximum Gasteiger partial charge on any atom is 0.254 e. The Kier molecular flexibility index (Phi) is 5.92. The Labute approximate surface area is 174 Å². The van der Waals surface area contributed by atoms with Crippen molar-refractivity contribution >= 4 is 12.6 Å². The molecule has 0 unspecified atom stereocenters. The number of fused-ring (bicyclic) bond motifs is 1. The molecule has 3 rings (SSSR count). The summed E-state index contributed by atoms with van der Waals surface area (Å²) in [4.78, 5) is 28.6. The second-order valence-electron chi connectivity index (χ2n) is 9.01. The third kappa shape index (κ3) is 4.41. The van der Waals surface area contributed by atoms with Crippen LogP contribution in [0.15, 0.2) is 33.9 Å². The maximum atomic E-state index is 13.5. The van der Waals surface area contributed by atoms with Crippen LogP contribution in [0.2, 0.25) is 0 Å². The van der Waals surface area contributed by atoms with Crippen molar-refractivity contribution in [1.82, 2.24) is 20.2 Å². The molecular weight excluding hydrogens is 362 g/mol. The molecule has 1 fully saturated rings. The van der Waals surface area contributed by atoms with Crippen molar-refractivity contribution in [2.45, 2.75) is 78.8 Å². The molecule has 1 aliphatic carbocycles. The number of nitrogens with one attached hydrogen (secondary N) is 1. The molecule has 1 saturated carbocycles. The van der Waals surface area contributed by atoms with Crippen LogP contribution in [0, 0.1) is 0 Å². The van der Waals surface area contributed by atoms with Crippen molar-refractivity contribution in [3.05, 3.63) is 45.8 Å². The van der Waals surface area contributed by atoms with Gasteiger partial charge in [0.15, 0.2) is 0 Å². The van der Waals surface area contributed by atoms with E-state index in [1.807, 2.05) is 25.7 Å². The minimum absolute atomic E-state index is 0.0294. The van der Waals surface area contributed by atoms with Crippen LogP contribution < -0.4 is 5.32 Å². The number of hydrogen-bond donors (Lipinski definition) is 1. The van der Waals surface area contributed by atoms with Gasteiger partial charge in [-0.05, 0) is 65.2 Å². The summed E-state index contributed by atoms with van der Waals surface area (Å²) >= 11 is 0. The smallest absolute Gasteiger partial charge is 0.254 e. The predicted molar refractivity (Wildman–Crippen MR) is 117 cm³/mol. The first-order valence-corrected chi connectivity index (χ1v) is 10.4. The highest BCUT2D eigenvalue weighted by molar-refractivity contribution is 5.98. The van der Waals surface area contributed by atoms with Crippen LogP contribution in [-0.4, -0.2) is 39.6 Å². The summed E-state index contributed by atoms with van der Waals surface area (Å²) in [7, 11) is 0. The maximum absolute atomic E-state index is 13.5. The second kappa shape index (κ2) is 8.09. The molecule has 6 heteroatoms. The molecule has 0 atom stereocenters. The van der Waals surface area contributed by atoms with Crippen molar-refractivity contribution in [2.24, 2.45) is 4.99 Å². The van der Waals surface area contributed by atoms with Gasteiger partial charge in [0.2, 0.25) is 0 Å². The lowest BCUT2D eigenvalue weighted by Gasteiger charge is -2.31. The van der Waals surface area contributed by atoms with Gasteiger partial charge in [0, 0.05) is 28.9 Å². The Morgan fingerprint density at radius 3 is 2.52 bits per heavy atom. The number of aliphatic imine (C=N–C) groups is 1. The van der Waals surface area contributed by atoms with Gasteiger partial charge in [-0.15, -0.1) is 0 Å². The van der Waals surface area contributed by atoms with Crippen molar-refractivity contribution < 1.29 is 4.79 Å². The van der Waals surface area contributed by atoms with E-state index in [1.54, 1.807) is 6.33 Å². The summed E-state index contributed by atoms with van der Waals surface area (Å²) in [5.74, 6) is 1.08. The van der Waals surface area contributed by atoms with E-state index < -0.39 is 0 Å². The third-order valence-corrected chi connectivity index (χ3v) is 5.90. The summed E-state index contributed by atoms with van der Waals surface area (Å²) in [6.45, 7) is 17.3. The zero-order chi connectivity index (χ0) is 21.3. The molecule has 1 aromatic rings. The Morgan fingerprint density at radius 1 is 1.28 bits per heavy atom. The van der Waals surface area contributed by atoms with Crippen LogP contribution in [-0.2, 0) is 17.8 Å². The molecule has 0 saturated heterocycles. The summed E-state index contributed by atoms with van der Waals surface area (Å²) in [5.41, 5.74) is 5.88. The first kappa shape index (κ1) is 21.2. The van der Waals surface area contributed by atoms with Gasteiger partial charge in [-0.2, -0.15) is 0 Å². The van der Waals surface area contributed by atoms with Crippen LogP contribution in [0.4, 0.5) is 0 Å². The molecular formula is C23H33N5O. The van der Waals surface area contributed by atoms with Gasteiger partial charge in [0.05, 0.1) is 12.2 Å². The lowest BCUT2D eigenvalue weighted by atomic mass is 9.95. The SMILES string of the molecule is C=N/C(NC1(C)CC1)=C(\C)C(C(=O)N1CCc2c(ncnc2C(C)C)C1)=C(C)C. The lowest BCUT2D eigenvalue weighted by molar-refractivity contribution is -0.127. The van der Waals surface area contributed by atoms with Crippen LogP contribution in [0.3, 0.4) is 0 Å². The molecule has 1 aromatic heterocycles. The van der Waals surface area contributed by atoms with E-state index in [2.05, 4.69) is 47.8 Å². The monoisotopic (exact) mass is 395 g/mol. The fourth-order valence-electron chi connectivity index (χ4n) is 3.93. The molecule has 1 amide bonds. The van der Waals surface area contributed by atoms with E-state index in [9.17, 15) is 4.79 Å². The molecule has 2 heterocycles. The van der Waals surface area contributed by atoms with Crippen LogP contribution >= 0.6 is 0 Å². The molecule has 2 aliphatic rings. The van der Waals surface area contributed by atoms with Crippen LogP contribution in [0.5, 0.6) is 0 Å². The number of allylic oxidation sites excluding steroid dienone is 1. The van der Waals surface area contributed by atoms with Gasteiger partial charge < -0.3 is 10.2 Å². The van der Waals surface area contributed by atoms with Gasteiger partial charge >= 0.3 is 0 Å². The normalized spacial score (nSPS) is 18.0. The molecule has 0 radical (unpaired) electrons. The minimum atomic E-state index is 0.0294. The van der Waals surface area contributed by atoms with E-state index in [4.69, 9.17) is 0 Å². The highest BCUT2D eigenvalue weighted by atomic mass is 16.2. The van der Waals surface area contributed by atoms with E-state index in [1.165, 1.54) is 5.56 Å². The van der Waals surface area contributed by atoms with Gasteiger partial charge in [-0.1, -0.05) is 19.4 Å². The molecule has 1 N–H and O–H groups in total. The Bertz CT molecular complexity index is 889. The second-order valence-corrected chi connectivity index (χ2v) is 9.01. The van der Waals surface area contributed by atoms with Crippen molar-refractivity contribution in [1.29, 1.82) is 0 Å². The van der Waals surface area contributed by atoms with Crippen LogP contribution in [0.25, 0.3) is 0 Å². The fraction of sp³-hybridized carbons (Fsp3) is 0.565.